The number of rotatable bonds is 2. The zero-order valence-electron chi connectivity index (χ0n) is 6.67. The van der Waals surface area contributed by atoms with Crippen LogP contribution in [0.1, 0.15) is 0 Å². The number of benzene rings is 1. The first-order chi connectivity index (χ1) is 6.20. The van der Waals surface area contributed by atoms with Crippen molar-refractivity contribution >= 4 is 11.8 Å². The van der Waals surface area contributed by atoms with Crippen LogP contribution in [0.4, 0.5) is 14.5 Å². The van der Waals surface area contributed by atoms with E-state index in [4.69, 9.17) is 0 Å². The van der Waals surface area contributed by atoms with Crippen LogP contribution in [-0.2, 0) is 4.79 Å². The number of carbonyl (C=O) groups excluding carboxylic acids is 1. The van der Waals surface area contributed by atoms with E-state index in [0.29, 0.717) is 0 Å². The Bertz CT molecular complexity index is 373. The molecule has 3 nitrogen and oxygen atoms in total. The number of hydrogen-bond donors (Lipinski definition) is 0. The molecule has 0 aromatic heterocycles. The fourth-order valence-electron chi connectivity index (χ4n) is 0.853. The van der Waals surface area contributed by atoms with E-state index in [1.165, 1.54) is 6.08 Å². The molecule has 68 valence electrons. The molecule has 0 bridgehead atoms. The number of halogens is 2. The van der Waals surface area contributed by atoms with Crippen molar-refractivity contribution in [3.63, 3.8) is 0 Å². The van der Waals surface area contributed by atoms with Crippen LogP contribution in [0.2, 0.25) is 0 Å². The average molecular weight is 185 g/mol. The molecule has 0 heterocycles. The lowest BCUT2D eigenvalue weighted by atomic mass is 10.3. The molecule has 0 saturated heterocycles. The first kappa shape index (κ1) is 9.35. The van der Waals surface area contributed by atoms with Crippen molar-refractivity contribution in [3.8, 4) is 5.75 Å². The maximum atomic E-state index is 12.9. The third-order valence-corrected chi connectivity index (χ3v) is 1.40. The molecular formula is C8H5F2NO2. The van der Waals surface area contributed by atoms with Gasteiger partial charge in [-0.05, 0) is 12.1 Å². The van der Waals surface area contributed by atoms with Gasteiger partial charge in [-0.1, -0.05) is 0 Å². The molecular weight excluding hydrogens is 180 g/mol. The first-order valence-electron chi connectivity index (χ1n) is 3.30. The monoisotopic (exact) mass is 185 g/mol. The second-order valence-electron chi connectivity index (χ2n) is 2.12. The summed E-state index contributed by atoms with van der Waals surface area (Å²) in [6, 6.07) is 1.98. The predicted molar refractivity (Wildman–Crippen MR) is 40.7 cm³/mol. The zero-order chi connectivity index (χ0) is 9.84. The molecule has 1 aromatic carbocycles. The Kier molecular flexibility index (Phi) is 2.72. The normalized spacial score (nSPS) is 9.15. The third-order valence-electron chi connectivity index (χ3n) is 1.40. The molecule has 0 spiro atoms. The second kappa shape index (κ2) is 3.78. The van der Waals surface area contributed by atoms with E-state index in [0.717, 1.165) is 19.2 Å². The van der Waals surface area contributed by atoms with Gasteiger partial charge in [0.25, 0.3) is 0 Å². The first-order valence-corrected chi connectivity index (χ1v) is 3.30. The molecule has 13 heavy (non-hydrogen) atoms. The maximum absolute atomic E-state index is 12.9. The molecule has 0 aliphatic heterocycles. The van der Waals surface area contributed by atoms with Crippen LogP contribution in [0.15, 0.2) is 17.1 Å². The van der Waals surface area contributed by atoms with Gasteiger partial charge in [0, 0.05) is 0 Å². The summed E-state index contributed by atoms with van der Waals surface area (Å²) >= 11 is 0. The van der Waals surface area contributed by atoms with Crippen molar-refractivity contribution in [3.05, 3.63) is 23.8 Å². The van der Waals surface area contributed by atoms with Crippen molar-refractivity contribution in [1.29, 1.82) is 0 Å². The highest BCUT2D eigenvalue weighted by atomic mass is 19.2. The number of aliphatic imine (C=N–C) groups is 1. The second-order valence-corrected chi connectivity index (χ2v) is 2.12. The topological polar surface area (TPSA) is 38.7 Å². The van der Waals surface area contributed by atoms with Crippen LogP contribution < -0.4 is 4.74 Å². The Morgan fingerprint density at radius 3 is 2.69 bits per heavy atom. The zero-order valence-corrected chi connectivity index (χ0v) is 6.67. The Morgan fingerprint density at radius 1 is 1.46 bits per heavy atom. The number of hydrogen-bond acceptors (Lipinski definition) is 3. The Morgan fingerprint density at radius 2 is 2.15 bits per heavy atom. The molecule has 0 aliphatic rings. The summed E-state index contributed by atoms with van der Waals surface area (Å²) in [4.78, 5) is 13.0. The van der Waals surface area contributed by atoms with E-state index in [2.05, 4.69) is 9.73 Å². The van der Waals surface area contributed by atoms with Gasteiger partial charge in [-0.2, -0.15) is 9.38 Å². The minimum Gasteiger partial charge on any atom is -0.491 e. The third kappa shape index (κ3) is 1.71. The van der Waals surface area contributed by atoms with Crippen LogP contribution in [0, 0.1) is 11.6 Å². The molecule has 0 atom stereocenters. The quantitative estimate of drug-likeness (QED) is 0.521. The highest BCUT2D eigenvalue weighted by Gasteiger charge is 2.13. The van der Waals surface area contributed by atoms with Crippen LogP contribution in [0.25, 0.3) is 0 Å². The fourth-order valence-corrected chi connectivity index (χ4v) is 0.853. The largest absolute Gasteiger partial charge is 0.491 e. The molecule has 0 radical (unpaired) electrons. The summed E-state index contributed by atoms with van der Waals surface area (Å²) in [5, 5.41) is 0. The molecule has 0 unspecified atom stereocenters. The Balaban J connectivity index is 3.37. The highest BCUT2D eigenvalue weighted by molar-refractivity contribution is 5.58. The lowest BCUT2D eigenvalue weighted by Crippen LogP contribution is -1.91. The molecule has 0 saturated carbocycles. The maximum Gasteiger partial charge on any atom is 0.240 e. The number of isocyanates is 1. The SMILES string of the molecule is COc1c(N=C=O)ccc(F)c1F. The van der Waals surface area contributed by atoms with Gasteiger partial charge in [0.05, 0.1) is 7.11 Å². The fraction of sp³-hybridized carbons (Fsp3) is 0.125. The van der Waals surface area contributed by atoms with Gasteiger partial charge in [-0.25, -0.2) is 9.18 Å². The molecule has 0 fully saturated rings. The van der Waals surface area contributed by atoms with Crippen molar-refractivity contribution < 1.29 is 18.3 Å². The van der Waals surface area contributed by atoms with Crippen molar-refractivity contribution in [2.45, 2.75) is 0 Å². The summed E-state index contributed by atoms with van der Waals surface area (Å²) < 4.78 is 30.0. The van der Waals surface area contributed by atoms with E-state index in [1.807, 2.05) is 0 Å². The number of nitrogens with zero attached hydrogens (tertiary/aromatic N) is 1. The summed E-state index contributed by atoms with van der Waals surface area (Å²) in [6.45, 7) is 0. The van der Waals surface area contributed by atoms with Gasteiger partial charge in [-0.3, -0.25) is 0 Å². The smallest absolute Gasteiger partial charge is 0.240 e. The summed E-state index contributed by atoms with van der Waals surface area (Å²) in [5.41, 5.74) is -0.0867. The number of methoxy groups -OCH3 is 1. The van der Waals surface area contributed by atoms with E-state index >= 15 is 0 Å². The van der Waals surface area contributed by atoms with Gasteiger partial charge in [0.1, 0.15) is 5.69 Å². The minimum absolute atomic E-state index is 0.0867. The van der Waals surface area contributed by atoms with Gasteiger partial charge >= 0.3 is 0 Å². The predicted octanol–water partition coefficient (Wildman–Crippen LogP) is 1.94. The molecule has 0 amide bonds. The van der Waals surface area contributed by atoms with Crippen molar-refractivity contribution in [2.75, 3.05) is 7.11 Å². The molecule has 1 rings (SSSR count). The van der Waals surface area contributed by atoms with E-state index in [-0.39, 0.29) is 5.69 Å². The van der Waals surface area contributed by atoms with Gasteiger partial charge in [0.2, 0.25) is 11.9 Å². The molecule has 5 heteroatoms. The van der Waals surface area contributed by atoms with Crippen LogP contribution in [-0.4, -0.2) is 13.2 Å². The van der Waals surface area contributed by atoms with Crippen LogP contribution >= 0.6 is 0 Å². The molecule has 0 N–H and O–H groups in total. The minimum atomic E-state index is -1.17. The van der Waals surface area contributed by atoms with Crippen LogP contribution in [0.3, 0.4) is 0 Å². The van der Waals surface area contributed by atoms with Gasteiger partial charge < -0.3 is 4.74 Å². The average Bonchev–Trinajstić information content (AvgIpc) is 2.12. The lowest BCUT2D eigenvalue weighted by molar-refractivity contribution is 0.373. The van der Waals surface area contributed by atoms with E-state index < -0.39 is 17.4 Å². The Labute approximate surface area is 72.7 Å². The summed E-state index contributed by atoms with van der Waals surface area (Å²) in [5.74, 6) is -2.62. The highest BCUT2D eigenvalue weighted by Crippen LogP contribution is 2.31. The van der Waals surface area contributed by atoms with Crippen molar-refractivity contribution in [1.82, 2.24) is 0 Å². The lowest BCUT2D eigenvalue weighted by Gasteiger charge is -2.03. The van der Waals surface area contributed by atoms with E-state index in [1.54, 1.807) is 0 Å². The summed E-state index contributed by atoms with van der Waals surface area (Å²) in [6.07, 6.45) is 1.21. The Hall–Kier alpha value is -1.74. The van der Waals surface area contributed by atoms with Gasteiger partial charge in [0.15, 0.2) is 11.6 Å². The molecule has 1 aromatic rings. The van der Waals surface area contributed by atoms with Crippen LogP contribution in [0.5, 0.6) is 5.75 Å². The standard InChI is InChI=1S/C8H5F2NO2/c1-13-8-6(11-4-12)3-2-5(9)7(8)10/h2-3H,1H3. The number of ether oxygens (including phenoxy) is 1. The van der Waals surface area contributed by atoms with E-state index in [9.17, 15) is 13.6 Å². The summed E-state index contributed by atoms with van der Waals surface area (Å²) in [7, 11) is 1.15. The van der Waals surface area contributed by atoms with Gasteiger partial charge in [-0.15, -0.1) is 0 Å². The molecule has 0 aliphatic carbocycles. The van der Waals surface area contributed by atoms with Crippen molar-refractivity contribution in [2.24, 2.45) is 4.99 Å².